The van der Waals surface area contributed by atoms with E-state index in [2.05, 4.69) is 38.7 Å². The number of nitrogens with zero attached hydrogens (tertiary/aromatic N) is 3. The minimum absolute atomic E-state index is 0.366. The maximum atomic E-state index is 13.4. The fourth-order valence-electron chi connectivity index (χ4n) is 2.80. The van der Waals surface area contributed by atoms with E-state index in [0.717, 1.165) is 18.6 Å². The minimum atomic E-state index is -0.366. The van der Waals surface area contributed by atoms with Crippen LogP contribution >= 0.6 is 11.8 Å². The van der Waals surface area contributed by atoms with E-state index in [1.165, 1.54) is 36.7 Å². The molecule has 0 radical (unpaired) electrons. The smallest absolute Gasteiger partial charge is 0.226 e. The summed E-state index contributed by atoms with van der Waals surface area (Å²) in [6, 6.07) is 4.28. The first-order valence-corrected chi connectivity index (χ1v) is 9.73. The summed E-state index contributed by atoms with van der Waals surface area (Å²) < 4.78 is 18.6. The molecule has 1 aliphatic rings. The highest BCUT2D eigenvalue weighted by molar-refractivity contribution is 7.98. The van der Waals surface area contributed by atoms with Crippen LogP contribution in [0.5, 0.6) is 5.75 Å². The molecule has 1 aliphatic carbocycles. The van der Waals surface area contributed by atoms with E-state index in [1.807, 2.05) is 11.8 Å². The number of allylic oxidation sites excluding steroid dienone is 1. The number of ether oxygens (including phenoxy) is 1. The van der Waals surface area contributed by atoms with Gasteiger partial charge in [0, 0.05) is 18.4 Å². The Morgan fingerprint density at radius 2 is 2.19 bits per heavy atom. The Labute approximate surface area is 156 Å². The molecule has 0 aliphatic heterocycles. The molecule has 0 bridgehead atoms. The Hall–Kier alpha value is -2.41. The van der Waals surface area contributed by atoms with Crippen molar-refractivity contribution in [2.75, 3.05) is 31.0 Å². The molecule has 1 aromatic heterocycles. The van der Waals surface area contributed by atoms with Crippen molar-refractivity contribution < 1.29 is 9.13 Å². The summed E-state index contributed by atoms with van der Waals surface area (Å²) in [5.74, 6) is 2.01. The Balaban J connectivity index is 1.73. The van der Waals surface area contributed by atoms with E-state index >= 15 is 0 Å². The summed E-state index contributed by atoms with van der Waals surface area (Å²) in [6.07, 6.45) is 10.2. The van der Waals surface area contributed by atoms with Gasteiger partial charge in [0.2, 0.25) is 5.95 Å². The summed E-state index contributed by atoms with van der Waals surface area (Å²) in [4.78, 5) is 12.8. The Bertz CT molecular complexity index is 838. The second-order valence-corrected chi connectivity index (χ2v) is 6.75. The molecular weight excluding hydrogens is 351 g/mol. The van der Waals surface area contributed by atoms with Crippen molar-refractivity contribution in [3.63, 3.8) is 0 Å². The maximum Gasteiger partial charge on any atom is 0.226 e. The molecule has 1 aromatic carbocycles. The van der Waals surface area contributed by atoms with Crippen molar-refractivity contribution in [2.24, 2.45) is 0 Å². The molecule has 0 spiro atoms. The van der Waals surface area contributed by atoms with Crippen molar-refractivity contribution in [1.82, 2.24) is 15.0 Å². The van der Waals surface area contributed by atoms with Gasteiger partial charge < -0.3 is 10.1 Å². The molecule has 5 nitrogen and oxygen atoms in total. The Morgan fingerprint density at radius 1 is 1.31 bits per heavy atom. The van der Waals surface area contributed by atoms with Crippen molar-refractivity contribution in [2.45, 2.75) is 12.8 Å². The van der Waals surface area contributed by atoms with Crippen LogP contribution < -0.4 is 10.1 Å². The summed E-state index contributed by atoms with van der Waals surface area (Å²) in [7, 11) is 1.49. The van der Waals surface area contributed by atoms with E-state index in [-0.39, 0.29) is 5.82 Å². The number of benzene rings is 1. The zero-order valence-electron chi connectivity index (χ0n) is 14.8. The van der Waals surface area contributed by atoms with Gasteiger partial charge in [-0.25, -0.2) is 14.4 Å². The Morgan fingerprint density at radius 3 is 3.00 bits per heavy atom. The number of nitrogens with one attached hydrogen (secondary N) is 1. The molecule has 1 N–H and O–H groups in total. The van der Waals surface area contributed by atoms with Gasteiger partial charge in [-0.05, 0) is 36.8 Å². The molecule has 0 saturated carbocycles. The number of rotatable bonds is 7. The fourth-order valence-corrected chi connectivity index (χ4v) is 3.40. The van der Waals surface area contributed by atoms with Gasteiger partial charge in [0.1, 0.15) is 17.9 Å². The van der Waals surface area contributed by atoms with E-state index in [9.17, 15) is 4.39 Å². The van der Waals surface area contributed by atoms with Gasteiger partial charge in [0.05, 0.1) is 12.7 Å². The predicted octanol–water partition coefficient (Wildman–Crippen LogP) is 4.11. The summed E-state index contributed by atoms with van der Waals surface area (Å²) in [5.41, 5.74) is 3.32. The van der Waals surface area contributed by atoms with Crippen molar-refractivity contribution in [3.8, 4) is 17.1 Å². The van der Waals surface area contributed by atoms with Crippen LogP contribution in [0.15, 0.2) is 47.8 Å². The van der Waals surface area contributed by atoms with Crippen LogP contribution in [0.1, 0.15) is 12.8 Å². The van der Waals surface area contributed by atoms with Crippen LogP contribution in [0.4, 0.5) is 10.3 Å². The third-order valence-electron chi connectivity index (χ3n) is 4.02. The SMILES string of the molecule is COc1cc(F)ccc1-c1ncnc(NCC2=CCCC(CSC)=C2)n1. The molecule has 136 valence electrons. The van der Waals surface area contributed by atoms with Crippen LogP contribution in [0.3, 0.4) is 0 Å². The molecule has 2 aromatic rings. The second kappa shape index (κ2) is 8.80. The summed E-state index contributed by atoms with van der Waals surface area (Å²) >= 11 is 1.84. The van der Waals surface area contributed by atoms with Gasteiger partial charge in [-0.3, -0.25) is 0 Å². The summed E-state index contributed by atoms with van der Waals surface area (Å²) in [5, 5.41) is 3.24. The molecule has 0 fully saturated rings. The number of hydrogen-bond acceptors (Lipinski definition) is 6. The number of methoxy groups -OCH3 is 1. The zero-order valence-corrected chi connectivity index (χ0v) is 15.6. The molecule has 0 amide bonds. The van der Waals surface area contributed by atoms with Crippen LogP contribution in [0.2, 0.25) is 0 Å². The highest BCUT2D eigenvalue weighted by atomic mass is 32.2. The molecule has 7 heteroatoms. The first-order valence-electron chi connectivity index (χ1n) is 8.34. The highest BCUT2D eigenvalue weighted by Crippen LogP contribution is 2.28. The summed E-state index contributed by atoms with van der Waals surface area (Å²) in [6.45, 7) is 0.655. The van der Waals surface area contributed by atoms with Crippen LogP contribution in [0.25, 0.3) is 11.4 Å². The normalized spacial score (nSPS) is 13.8. The molecule has 1 heterocycles. The van der Waals surface area contributed by atoms with E-state index in [4.69, 9.17) is 4.74 Å². The second-order valence-electron chi connectivity index (χ2n) is 5.88. The first kappa shape index (κ1) is 18.4. The largest absolute Gasteiger partial charge is 0.496 e. The van der Waals surface area contributed by atoms with E-state index in [1.54, 1.807) is 6.07 Å². The van der Waals surface area contributed by atoms with Crippen LogP contribution in [-0.4, -0.2) is 40.6 Å². The standard InChI is InChI=1S/C19H21FN4OS/c1-25-17-9-15(20)6-7-16(17)18-22-12-23-19(24-18)21-10-13-4-3-5-14(8-13)11-26-2/h4,6-9,12H,3,5,10-11H2,1-2H3,(H,21,22,23,24). The van der Waals surface area contributed by atoms with Crippen LogP contribution in [-0.2, 0) is 0 Å². The van der Waals surface area contributed by atoms with Gasteiger partial charge in [-0.15, -0.1) is 0 Å². The number of anilines is 1. The van der Waals surface area contributed by atoms with Gasteiger partial charge >= 0.3 is 0 Å². The molecule has 3 rings (SSSR count). The number of hydrogen-bond donors (Lipinski definition) is 1. The monoisotopic (exact) mass is 372 g/mol. The van der Waals surface area contributed by atoms with E-state index < -0.39 is 0 Å². The molecule has 0 saturated heterocycles. The number of halogens is 1. The lowest BCUT2D eigenvalue weighted by molar-refractivity contribution is 0.412. The number of thioether (sulfide) groups is 1. The lowest BCUT2D eigenvalue weighted by Gasteiger charge is -2.14. The fraction of sp³-hybridized carbons (Fsp3) is 0.316. The first-order chi connectivity index (χ1) is 12.7. The van der Waals surface area contributed by atoms with E-state index in [0.29, 0.717) is 29.6 Å². The lowest BCUT2D eigenvalue weighted by atomic mass is 10.0. The maximum absolute atomic E-state index is 13.4. The third-order valence-corrected chi connectivity index (χ3v) is 4.68. The lowest BCUT2D eigenvalue weighted by Crippen LogP contribution is -2.10. The average molecular weight is 372 g/mol. The van der Waals surface area contributed by atoms with Crippen molar-refractivity contribution >= 4 is 17.7 Å². The third kappa shape index (κ3) is 4.60. The van der Waals surface area contributed by atoms with Crippen molar-refractivity contribution in [1.29, 1.82) is 0 Å². The van der Waals surface area contributed by atoms with Crippen molar-refractivity contribution in [3.05, 3.63) is 53.6 Å². The molecule has 26 heavy (non-hydrogen) atoms. The highest BCUT2D eigenvalue weighted by Gasteiger charge is 2.11. The van der Waals surface area contributed by atoms with Gasteiger partial charge in [0.25, 0.3) is 0 Å². The zero-order chi connectivity index (χ0) is 18.4. The van der Waals surface area contributed by atoms with Gasteiger partial charge in [-0.2, -0.15) is 16.7 Å². The molecular formula is C19H21FN4OS. The molecule has 0 unspecified atom stereocenters. The molecule has 0 atom stereocenters. The van der Waals surface area contributed by atoms with Crippen LogP contribution in [0, 0.1) is 5.82 Å². The van der Waals surface area contributed by atoms with Gasteiger partial charge in [0.15, 0.2) is 5.82 Å². The average Bonchev–Trinajstić information content (AvgIpc) is 2.67. The Kier molecular flexibility index (Phi) is 6.22. The van der Waals surface area contributed by atoms with Gasteiger partial charge in [-0.1, -0.05) is 17.7 Å². The number of aromatic nitrogens is 3. The topological polar surface area (TPSA) is 59.9 Å². The predicted molar refractivity (Wildman–Crippen MR) is 104 cm³/mol. The quantitative estimate of drug-likeness (QED) is 0.789. The minimum Gasteiger partial charge on any atom is -0.496 e.